The van der Waals surface area contributed by atoms with Gasteiger partial charge in [-0.15, -0.1) is 16.2 Å². The van der Waals surface area contributed by atoms with Gasteiger partial charge >= 0.3 is 0 Å². The van der Waals surface area contributed by atoms with Crippen LogP contribution in [0.4, 0.5) is 0 Å². The fourth-order valence-corrected chi connectivity index (χ4v) is 9.34. The summed E-state index contributed by atoms with van der Waals surface area (Å²) >= 11 is 0. The molecule has 10 rings (SSSR count). The summed E-state index contributed by atoms with van der Waals surface area (Å²) in [7, 11) is 0. The van der Waals surface area contributed by atoms with Gasteiger partial charge in [0.2, 0.25) is 0 Å². The van der Waals surface area contributed by atoms with Crippen LogP contribution in [-0.4, -0.2) is 0 Å². The minimum Gasteiger partial charge on any atom is -0.344 e. The van der Waals surface area contributed by atoms with Crippen molar-refractivity contribution in [3.8, 4) is 22.3 Å². The van der Waals surface area contributed by atoms with E-state index in [-0.39, 0.29) is 87.1 Å². The Bertz CT molecular complexity index is 3040. The summed E-state index contributed by atoms with van der Waals surface area (Å²) in [5, 5.41) is 4.90. The SMILES string of the molecule is CC(C)(C)c1cccc2c1-c1ccccc1C2.CC(C)(C)c1cccc2c1Cc1ccccc1-2.[CH-]=C(c1[c-]cc2ccccc2c1)C(C)(C)C.[CH-]=Cc1[c-]cc2c(C(C)(C)C)cccc2c1.[Y].[Y]. The van der Waals surface area contributed by atoms with Crippen LogP contribution in [0.2, 0.25) is 0 Å². The Balaban J connectivity index is 0.000000168. The molecule has 0 saturated carbocycles. The summed E-state index contributed by atoms with van der Waals surface area (Å²) in [5.41, 5.74) is 19.5. The first-order chi connectivity index (χ1) is 31.1. The molecule has 2 aliphatic carbocycles. The summed E-state index contributed by atoms with van der Waals surface area (Å²) in [4.78, 5) is 0. The van der Waals surface area contributed by atoms with Crippen molar-refractivity contribution in [2.24, 2.45) is 5.41 Å². The molecule has 0 spiro atoms. The Kier molecular flexibility index (Phi) is 18.1. The molecule has 0 aromatic heterocycles. The molecule has 0 saturated heterocycles. The van der Waals surface area contributed by atoms with Crippen molar-refractivity contribution < 1.29 is 65.4 Å². The standard InChI is InChI=1S/2C17H18.2C16H16.2Y/c1-17(2,3)15-10-6-8-13-11-12-7-4-5-9-14(12)16(13)15;1-17(2,3)16-10-6-9-14-13-8-5-4-7-12(13)11-15(14)16;1-12(16(2,3)4)14-10-9-13-7-5-6-8-15(13)11-14;1-5-12-9-10-14-13(11-12)7-6-8-15(14)16(2,3)4;;/h2*4-10H,11H2,1-3H3;1,5-9,11H,2-4H3;1,5-8,10-11H,2-4H3;;/q;;2*-2;;. The average Bonchev–Trinajstić information content (AvgIpc) is 3.86. The molecule has 0 bridgehead atoms. The number of hydrogen-bond acceptors (Lipinski definition) is 0. The average molecular weight is 1040 g/mol. The van der Waals surface area contributed by atoms with Crippen molar-refractivity contribution in [2.75, 3.05) is 0 Å². The number of rotatable bonds is 2. The first-order valence-corrected chi connectivity index (χ1v) is 23.6. The Morgan fingerprint density at radius 1 is 0.471 bits per heavy atom. The van der Waals surface area contributed by atoms with Crippen LogP contribution in [0.25, 0.3) is 55.4 Å². The van der Waals surface area contributed by atoms with E-state index in [4.69, 9.17) is 13.2 Å². The van der Waals surface area contributed by atoms with Crippen molar-refractivity contribution in [1.82, 2.24) is 0 Å². The quantitative estimate of drug-likeness (QED) is 0.151. The van der Waals surface area contributed by atoms with Crippen molar-refractivity contribution in [1.29, 1.82) is 0 Å². The molecule has 8 aromatic rings. The van der Waals surface area contributed by atoms with E-state index in [1.165, 1.54) is 82.7 Å². The van der Waals surface area contributed by atoms with Gasteiger partial charge in [0.25, 0.3) is 0 Å². The van der Waals surface area contributed by atoms with Crippen molar-refractivity contribution in [2.45, 2.75) is 112 Å². The summed E-state index contributed by atoms with van der Waals surface area (Å²) < 4.78 is 0. The Morgan fingerprint density at radius 2 is 0.971 bits per heavy atom. The zero-order valence-corrected chi connectivity index (χ0v) is 48.4. The maximum atomic E-state index is 6.15. The van der Waals surface area contributed by atoms with Crippen LogP contribution < -0.4 is 0 Å². The molecule has 68 heavy (non-hydrogen) atoms. The van der Waals surface area contributed by atoms with Crippen LogP contribution in [0.5, 0.6) is 0 Å². The number of fused-ring (bicyclic) bond motifs is 8. The number of hydrogen-bond donors (Lipinski definition) is 0. The number of benzene rings is 8. The van der Waals surface area contributed by atoms with E-state index in [1.807, 2.05) is 24.3 Å². The second-order valence-electron chi connectivity index (χ2n) is 22.1. The minimum atomic E-state index is -0.0149. The van der Waals surface area contributed by atoms with Crippen LogP contribution in [0.1, 0.15) is 133 Å². The van der Waals surface area contributed by atoms with Crippen LogP contribution >= 0.6 is 0 Å². The van der Waals surface area contributed by atoms with Gasteiger partial charge in [0, 0.05) is 65.4 Å². The molecule has 0 unspecified atom stereocenters. The second kappa shape index (κ2) is 22.4. The molecule has 0 fully saturated rings. The first kappa shape index (κ1) is 54.9. The van der Waals surface area contributed by atoms with Gasteiger partial charge in [-0.2, -0.15) is 12.1 Å². The van der Waals surface area contributed by atoms with Gasteiger partial charge in [0.05, 0.1) is 0 Å². The predicted molar refractivity (Wildman–Crippen MR) is 287 cm³/mol. The first-order valence-electron chi connectivity index (χ1n) is 23.6. The Hall–Kier alpha value is -4.03. The molecule has 2 radical (unpaired) electrons. The molecular weight excluding hydrogens is 971 g/mol. The van der Waals surface area contributed by atoms with E-state index in [2.05, 4.69) is 223 Å². The fourth-order valence-electron chi connectivity index (χ4n) is 9.34. The fraction of sp³-hybridized carbons (Fsp3) is 0.273. The molecule has 0 aliphatic heterocycles. The number of allylic oxidation sites excluding steroid dienone is 1. The van der Waals surface area contributed by atoms with E-state index in [0.29, 0.717) is 0 Å². The van der Waals surface area contributed by atoms with E-state index >= 15 is 0 Å². The summed E-state index contributed by atoms with van der Waals surface area (Å²) in [6, 6.07) is 60.4. The molecule has 8 aromatic carbocycles. The van der Waals surface area contributed by atoms with Gasteiger partial charge in [-0.05, 0) is 84.7 Å². The minimum absolute atomic E-state index is 0. The van der Waals surface area contributed by atoms with E-state index in [0.717, 1.165) is 29.5 Å². The van der Waals surface area contributed by atoms with Crippen molar-refractivity contribution in [3.05, 3.63) is 227 Å². The van der Waals surface area contributed by atoms with Gasteiger partial charge in [-0.3, -0.25) is 5.57 Å². The molecular formula is C66H68Y2-4. The van der Waals surface area contributed by atoms with Crippen LogP contribution in [-0.2, 0) is 94.5 Å². The van der Waals surface area contributed by atoms with Gasteiger partial charge < -0.3 is 30.4 Å². The second-order valence-corrected chi connectivity index (χ2v) is 22.1. The molecule has 0 amide bonds. The normalized spacial score (nSPS) is 12.2. The van der Waals surface area contributed by atoms with E-state index in [1.54, 1.807) is 6.08 Å². The Morgan fingerprint density at radius 3 is 1.60 bits per heavy atom. The maximum Gasteiger partial charge on any atom is 0 e. The monoisotopic (exact) mass is 1040 g/mol. The van der Waals surface area contributed by atoms with E-state index in [9.17, 15) is 0 Å². The molecule has 2 aliphatic rings. The van der Waals surface area contributed by atoms with Crippen LogP contribution in [0.15, 0.2) is 152 Å². The van der Waals surface area contributed by atoms with Crippen LogP contribution in [0, 0.1) is 30.7 Å². The third kappa shape index (κ3) is 12.6. The molecule has 0 heterocycles. The predicted octanol–water partition coefficient (Wildman–Crippen LogP) is 18.0. The van der Waals surface area contributed by atoms with Gasteiger partial charge in [0.1, 0.15) is 0 Å². The summed E-state index contributed by atoms with van der Waals surface area (Å²) in [6.07, 6.45) is 3.78. The zero-order valence-electron chi connectivity index (χ0n) is 42.7. The smallest absolute Gasteiger partial charge is 0 e. The van der Waals surface area contributed by atoms with Gasteiger partial charge in [-0.1, -0.05) is 227 Å². The maximum absolute atomic E-state index is 6.15. The third-order valence-electron chi connectivity index (χ3n) is 12.9. The van der Waals surface area contributed by atoms with Crippen molar-refractivity contribution >= 4 is 33.2 Å². The van der Waals surface area contributed by atoms with Crippen LogP contribution in [0.3, 0.4) is 0 Å². The Labute approximate surface area is 461 Å². The summed E-state index contributed by atoms with van der Waals surface area (Å²) in [5.74, 6) is 0. The molecule has 0 nitrogen and oxygen atoms in total. The van der Waals surface area contributed by atoms with Crippen molar-refractivity contribution in [3.63, 3.8) is 0 Å². The van der Waals surface area contributed by atoms with Gasteiger partial charge in [-0.25, -0.2) is 24.3 Å². The molecule has 0 N–H and O–H groups in total. The largest absolute Gasteiger partial charge is 0.344 e. The molecule has 2 heteroatoms. The summed E-state index contributed by atoms with van der Waals surface area (Å²) in [6.45, 7) is 38.5. The zero-order chi connectivity index (χ0) is 47.6. The third-order valence-corrected chi connectivity index (χ3v) is 12.9. The van der Waals surface area contributed by atoms with E-state index < -0.39 is 0 Å². The topological polar surface area (TPSA) is 0 Å². The molecule has 342 valence electrons. The van der Waals surface area contributed by atoms with Gasteiger partial charge in [0.15, 0.2) is 0 Å². The molecule has 0 atom stereocenters.